The fraction of sp³-hybridized carbons (Fsp3) is 0.400. The molecule has 8 heteroatoms. The number of ether oxygens (including phenoxy) is 1. The van der Waals surface area contributed by atoms with Crippen LogP contribution in [-0.4, -0.2) is 26.4 Å². The molecule has 0 fully saturated rings. The first kappa shape index (κ1) is 12.8. The molecule has 2 heterocycles. The Kier molecular flexibility index (Phi) is 3.22. The summed E-state index contributed by atoms with van der Waals surface area (Å²) >= 11 is 4.59. The first-order chi connectivity index (χ1) is 8.45. The highest BCUT2D eigenvalue weighted by molar-refractivity contribution is 7.71. The van der Waals surface area contributed by atoms with E-state index in [9.17, 15) is 14.3 Å². The zero-order valence-corrected chi connectivity index (χ0v) is 10.2. The van der Waals surface area contributed by atoms with Crippen LogP contribution in [0.3, 0.4) is 0 Å². The van der Waals surface area contributed by atoms with Crippen LogP contribution in [0, 0.1) is 16.4 Å². The molecule has 1 aliphatic heterocycles. The van der Waals surface area contributed by atoms with E-state index in [0.717, 1.165) is 10.8 Å². The maximum Gasteiger partial charge on any atom is 0.329 e. The van der Waals surface area contributed by atoms with E-state index in [-0.39, 0.29) is 16.2 Å². The summed E-state index contributed by atoms with van der Waals surface area (Å²) in [5.41, 5.74) is -0.648. The van der Waals surface area contributed by atoms with Crippen molar-refractivity contribution in [3.63, 3.8) is 0 Å². The lowest BCUT2D eigenvalue weighted by Crippen LogP contribution is -2.30. The molecule has 18 heavy (non-hydrogen) atoms. The van der Waals surface area contributed by atoms with E-state index in [1.54, 1.807) is 6.92 Å². The molecule has 3 N–H and O–H groups in total. The summed E-state index contributed by atoms with van der Waals surface area (Å²) in [5, 5.41) is 18.6. The van der Waals surface area contributed by atoms with Crippen LogP contribution >= 0.6 is 12.2 Å². The summed E-state index contributed by atoms with van der Waals surface area (Å²) in [6.45, 7) is 1.10. The van der Waals surface area contributed by atoms with Crippen LogP contribution in [0.15, 0.2) is 22.5 Å². The van der Waals surface area contributed by atoms with Crippen LogP contribution in [-0.2, 0) is 4.74 Å². The average Bonchev–Trinajstić information content (AvgIpc) is 2.61. The molecule has 0 aromatic carbocycles. The maximum atomic E-state index is 13.3. The minimum Gasteiger partial charge on any atom is -0.508 e. The van der Waals surface area contributed by atoms with Crippen LogP contribution in [0.2, 0.25) is 0 Å². The third-order valence-electron chi connectivity index (χ3n) is 2.75. The van der Waals surface area contributed by atoms with Gasteiger partial charge in [-0.25, -0.2) is 9.18 Å². The molecule has 6 nitrogen and oxygen atoms in total. The van der Waals surface area contributed by atoms with Crippen LogP contribution in [0.1, 0.15) is 13.2 Å². The smallest absolute Gasteiger partial charge is 0.329 e. The molecular formula is C10H11FN2O4S. The Morgan fingerprint density at radius 3 is 2.89 bits per heavy atom. The topological polar surface area (TPSA) is 87.5 Å². The van der Waals surface area contributed by atoms with Crippen LogP contribution in [0.25, 0.3) is 0 Å². The molecule has 1 aromatic heterocycles. The third-order valence-corrected chi connectivity index (χ3v) is 3.05. The molecule has 0 bridgehead atoms. The number of hydrogen-bond acceptors (Lipinski definition) is 5. The van der Waals surface area contributed by atoms with E-state index >= 15 is 0 Å². The lowest BCUT2D eigenvalue weighted by molar-refractivity contribution is 0.0338. The van der Waals surface area contributed by atoms with Gasteiger partial charge >= 0.3 is 5.69 Å². The summed E-state index contributed by atoms with van der Waals surface area (Å²) in [7, 11) is 0. The second-order valence-electron chi connectivity index (χ2n) is 3.91. The molecule has 0 spiro atoms. The number of aliphatic hydroxyl groups is 2. The lowest BCUT2D eigenvalue weighted by Gasteiger charge is -2.18. The van der Waals surface area contributed by atoms with Crippen molar-refractivity contribution in [2.24, 2.45) is 5.92 Å². The average molecular weight is 274 g/mol. The number of hydrogen-bond donors (Lipinski definition) is 3. The first-order valence-corrected chi connectivity index (χ1v) is 5.57. The Labute approximate surface area is 106 Å². The highest BCUT2D eigenvalue weighted by atomic mass is 32.1. The van der Waals surface area contributed by atoms with Gasteiger partial charge in [-0.2, -0.15) is 0 Å². The zero-order chi connectivity index (χ0) is 13.4. The lowest BCUT2D eigenvalue weighted by atomic mass is 10.1. The predicted molar refractivity (Wildman–Crippen MR) is 61.9 cm³/mol. The van der Waals surface area contributed by atoms with E-state index in [1.807, 2.05) is 0 Å². The first-order valence-electron chi connectivity index (χ1n) is 5.16. The summed E-state index contributed by atoms with van der Waals surface area (Å²) < 4.78 is 19.2. The van der Waals surface area contributed by atoms with Gasteiger partial charge in [-0.15, -0.1) is 0 Å². The molecule has 1 unspecified atom stereocenters. The fourth-order valence-electron chi connectivity index (χ4n) is 1.76. The molecule has 0 radical (unpaired) electrons. The Bertz CT molecular complexity index is 621. The number of rotatable bonds is 2. The molecule has 0 aliphatic carbocycles. The van der Waals surface area contributed by atoms with Crippen molar-refractivity contribution in [3.8, 4) is 0 Å². The molecule has 2 atom stereocenters. The van der Waals surface area contributed by atoms with Gasteiger partial charge in [0, 0.05) is 0 Å². The van der Waals surface area contributed by atoms with Crippen molar-refractivity contribution in [1.29, 1.82) is 0 Å². The molecule has 0 saturated heterocycles. The van der Waals surface area contributed by atoms with Crippen molar-refractivity contribution in [3.05, 3.63) is 38.7 Å². The van der Waals surface area contributed by atoms with Gasteiger partial charge in [0.1, 0.15) is 17.0 Å². The van der Waals surface area contributed by atoms with Crippen LogP contribution in [0.5, 0.6) is 0 Å². The number of nitrogens with zero attached hydrogens (tertiary/aromatic N) is 1. The second kappa shape index (κ2) is 4.54. The highest BCUT2D eigenvalue weighted by Gasteiger charge is 2.35. The Hall–Kier alpha value is -1.67. The third kappa shape index (κ3) is 1.93. The van der Waals surface area contributed by atoms with E-state index in [2.05, 4.69) is 17.2 Å². The summed E-state index contributed by atoms with van der Waals surface area (Å²) in [4.78, 5) is 13.8. The second-order valence-corrected chi connectivity index (χ2v) is 4.32. The van der Waals surface area contributed by atoms with E-state index in [4.69, 9.17) is 9.84 Å². The summed E-state index contributed by atoms with van der Waals surface area (Å²) in [6, 6.07) is 0. The maximum absolute atomic E-state index is 13.3. The largest absolute Gasteiger partial charge is 0.508 e. The molecule has 98 valence electrons. The monoisotopic (exact) mass is 274 g/mol. The van der Waals surface area contributed by atoms with Crippen molar-refractivity contribution in [2.45, 2.75) is 13.2 Å². The van der Waals surface area contributed by atoms with Gasteiger partial charge in [-0.1, -0.05) is 12.2 Å². The molecule has 2 rings (SSSR count). The number of nitrogens with one attached hydrogen (secondary N) is 1. The molecule has 1 aliphatic rings. The standard InChI is InChI=1S/C10H11FN2O4S/c1-4-7(15)6(3-14)17-9(4)13-2-5(11)8(18)12-10(13)16/h2,4,9,14-15H,3H2,1H3,(H,12,16,18)/t4?,9-/m1/s1. The van der Waals surface area contributed by atoms with Gasteiger partial charge in [0.15, 0.2) is 17.8 Å². The molecule has 0 saturated carbocycles. The Morgan fingerprint density at radius 2 is 2.33 bits per heavy atom. The van der Waals surface area contributed by atoms with Crippen molar-refractivity contribution in [1.82, 2.24) is 9.55 Å². The molecular weight excluding hydrogens is 263 g/mol. The number of aromatic amines is 1. The van der Waals surface area contributed by atoms with Gasteiger partial charge < -0.3 is 14.9 Å². The van der Waals surface area contributed by atoms with Gasteiger partial charge in [-0.05, 0) is 6.92 Å². The minimum absolute atomic E-state index is 0.0257. The zero-order valence-electron chi connectivity index (χ0n) is 9.38. The molecule has 1 aromatic rings. The van der Waals surface area contributed by atoms with E-state index < -0.39 is 30.3 Å². The van der Waals surface area contributed by atoms with Gasteiger partial charge in [-0.3, -0.25) is 9.55 Å². The minimum atomic E-state index is -0.916. The highest BCUT2D eigenvalue weighted by Crippen LogP contribution is 2.35. The van der Waals surface area contributed by atoms with Crippen molar-refractivity contribution in [2.75, 3.05) is 6.61 Å². The van der Waals surface area contributed by atoms with Crippen LogP contribution < -0.4 is 5.69 Å². The predicted octanol–water partition coefficient (Wildman–Crippen LogP) is 0.972. The Balaban J connectivity index is 2.45. The van der Waals surface area contributed by atoms with Gasteiger partial charge in [0.05, 0.1) is 12.1 Å². The Morgan fingerprint density at radius 1 is 1.67 bits per heavy atom. The summed E-state index contributed by atoms with van der Waals surface area (Å²) in [6.07, 6.45) is -0.00311. The number of aliphatic hydroxyl groups excluding tert-OH is 2. The van der Waals surface area contributed by atoms with E-state index in [0.29, 0.717) is 0 Å². The number of halogens is 1. The SMILES string of the molecule is CC1C(O)=C(CO)O[C@H]1n1cc(F)c(=S)[nH]c1=O. The quantitative estimate of drug-likeness (QED) is 0.699. The number of aromatic nitrogens is 2. The van der Waals surface area contributed by atoms with Crippen molar-refractivity contribution >= 4 is 12.2 Å². The van der Waals surface area contributed by atoms with E-state index in [1.165, 1.54) is 0 Å². The number of H-pyrrole nitrogens is 1. The molecule has 0 amide bonds. The van der Waals surface area contributed by atoms with Crippen molar-refractivity contribution < 1.29 is 19.3 Å². The van der Waals surface area contributed by atoms with Crippen LogP contribution in [0.4, 0.5) is 4.39 Å². The normalized spacial score (nSPS) is 23.3. The van der Waals surface area contributed by atoms with Gasteiger partial charge in [0.25, 0.3) is 0 Å². The summed E-state index contributed by atoms with van der Waals surface area (Å²) in [5.74, 6) is -1.52. The fourth-order valence-corrected chi connectivity index (χ4v) is 1.90. The van der Waals surface area contributed by atoms with Gasteiger partial charge in [0.2, 0.25) is 0 Å².